The molecule has 6 heteroatoms. The SMILES string of the molecule is CCC(C)COc1cc(CNCCOC)ccc1[N+](=O)[O-]. The number of hydrogen-bond donors (Lipinski definition) is 1. The molecule has 0 aliphatic rings. The number of nitrogens with one attached hydrogen (secondary N) is 1. The van der Waals surface area contributed by atoms with Gasteiger partial charge in [0.2, 0.25) is 0 Å². The van der Waals surface area contributed by atoms with Crippen molar-refractivity contribution in [1.82, 2.24) is 5.32 Å². The lowest BCUT2D eigenvalue weighted by atomic mass is 10.1. The van der Waals surface area contributed by atoms with Crippen molar-refractivity contribution in [3.63, 3.8) is 0 Å². The van der Waals surface area contributed by atoms with Crippen LogP contribution in [0.5, 0.6) is 5.75 Å². The first kappa shape index (κ1) is 17.4. The van der Waals surface area contributed by atoms with E-state index in [0.717, 1.165) is 18.5 Å². The van der Waals surface area contributed by atoms with Crippen LogP contribution in [0.1, 0.15) is 25.8 Å². The van der Waals surface area contributed by atoms with Gasteiger partial charge in [-0.3, -0.25) is 10.1 Å². The highest BCUT2D eigenvalue weighted by Crippen LogP contribution is 2.28. The van der Waals surface area contributed by atoms with Crippen molar-refractivity contribution in [3.05, 3.63) is 33.9 Å². The van der Waals surface area contributed by atoms with Crippen LogP contribution in [0.3, 0.4) is 0 Å². The molecule has 1 aromatic rings. The molecule has 0 amide bonds. The third kappa shape index (κ3) is 6.10. The summed E-state index contributed by atoms with van der Waals surface area (Å²) in [5.74, 6) is 0.708. The Morgan fingerprint density at radius 1 is 1.43 bits per heavy atom. The van der Waals surface area contributed by atoms with Crippen LogP contribution in [0.2, 0.25) is 0 Å². The maximum absolute atomic E-state index is 11.0. The number of nitro groups is 1. The van der Waals surface area contributed by atoms with E-state index in [-0.39, 0.29) is 5.69 Å². The molecule has 6 nitrogen and oxygen atoms in total. The summed E-state index contributed by atoms with van der Waals surface area (Å²) in [5.41, 5.74) is 0.967. The lowest BCUT2D eigenvalue weighted by Crippen LogP contribution is -2.18. The predicted molar refractivity (Wildman–Crippen MR) is 81.6 cm³/mol. The Kier molecular flexibility index (Phi) is 7.71. The van der Waals surface area contributed by atoms with E-state index in [2.05, 4.69) is 19.2 Å². The van der Waals surface area contributed by atoms with Gasteiger partial charge in [0.15, 0.2) is 5.75 Å². The second-order valence-corrected chi connectivity index (χ2v) is 5.05. The van der Waals surface area contributed by atoms with Crippen LogP contribution in [0.15, 0.2) is 18.2 Å². The third-order valence-electron chi connectivity index (χ3n) is 3.25. The number of rotatable bonds is 10. The molecule has 1 rings (SSSR count). The molecule has 0 fully saturated rings. The summed E-state index contributed by atoms with van der Waals surface area (Å²) < 4.78 is 10.6. The Morgan fingerprint density at radius 2 is 2.19 bits per heavy atom. The summed E-state index contributed by atoms with van der Waals surface area (Å²) in [7, 11) is 1.65. The second-order valence-electron chi connectivity index (χ2n) is 5.05. The molecule has 0 radical (unpaired) electrons. The Balaban J connectivity index is 2.73. The number of benzene rings is 1. The van der Waals surface area contributed by atoms with Crippen LogP contribution in [-0.4, -0.2) is 31.8 Å². The summed E-state index contributed by atoms with van der Waals surface area (Å²) in [4.78, 5) is 10.6. The average molecular weight is 296 g/mol. The molecule has 1 aromatic carbocycles. The average Bonchev–Trinajstić information content (AvgIpc) is 2.49. The van der Waals surface area contributed by atoms with Crippen molar-refractivity contribution >= 4 is 5.69 Å². The second kappa shape index (κ2) is 9.31. The van der Waals surface area contributed by atoms with Gasteiger partial charge in [0.05, 0.1) is 18.1 Å². The van der Waals surface area contributed by atoms with Crippen LogP contribution < -0.4 is 10.1 Å². The summed E-state index contributed by atoms with van der Waals surface area (Å²) in [6.45, 7) is 6.60. The fourth-order valence-corrected chi connectivity index (χ4v) is 1.69. The minimum absolute atomic E-state index is 0.0129. The highest BCUT2D eigenvalue weighted by molar-refractivity contribution is 5.48. The van der Waals surface area contributed by atoms with Gasteiger partial charge >= 0.3 is 5.69 Å². The Hall–Kier alpha value is -1.66. The molecule has 118 valence electrons. The summed E-state index contributed by atoms with van der Waals surface area (Å²) in [6.07, 6.45) is 0.978. The number of nitro benzene ring substituents is 1. The van der Waals surface area contributed by atoms with E-state index >= 15 is 0 Å². The molecule has 0 aliphatic carbocycles. The van der Waals surface area contributed by atoms with E-state index < -0.39 is 4.92 Å². The molecule has 0 aromatic heterocycles. The van der Waals surface area contributed by atoms with Gasteiger partial charge in [0.25, 0.3) is 0 Å². The molecule has 0 bridgehead atoms. The van der Waals surface area contributed by atoms with E-state index in [1.54, 1.807) is 19.2 Å². The van der Waals surface area contributed by atoms with Gasteiger partial charge in [-0.05, 0) is 17.5 Å². The van der Waals surface area contributed by atoms with Crippen LogP contribution in [0.25, 0.3) is 0 Å². The van der Waals surface area contributed by atoms with Crippen LogP contribution in [0, 0.1) is 16.0 Å². The number of hydrogen-bond acceptors (Lipinski definition) is 5. The van der Waals surface area contributed by atoms with Gasteiger partial charge in [-0.25, -0.2) is 0 Å². The van der Waals surface area contributed by atoms with Gasteiger partial charge in [0.1, 0.15) is 0 Å². The van der Waals surface area contributed by atoms with Crippen LogP contribution >= 0.6 is 0 Å². The zero-order valence-electron chi connectivity index (χ0n) is 12.9. The Bertz CT molecular complexity index is 451. The number of ether oxygens (including phenoxy) is 2. The van der Waals surface area contributed by atoms with Gasteiger partial charge in [0, 0.05) is 26.3 Å². The Labute approximate surface area is 125 Å². The van der Waals surface area contributed by atoms with Crippen molar-refractivity contribution < 1.29 is 14.4 Å². The molecular formula is C15H24N2O4. The number of nitrogens with zero attached hydrogens (tertiary/aromatic N) is 1. The number of methoxy groups -OCH3 is 1. The zero-order chi connectivity index (χ0) is 15.7. The summed E-state index contributed by atoms with van der Waals surface area (Å²) in [5, 5.41) is 14.2. The van der Waals surface area contributed by atoms with E-state index in [1.165, 1.54) is 6.07 Å². The third-order valence-corrected chi connectivity index (χ3v) is 3.25. The van der Waals surface area contributed by atoms with Crippen LogP contribution in [0.4, 0.5) is 5.69 Å². The van der Waals surface area contributed by atoms with Crippen molar-refractivity contribution in [3.8, 4) is 5.75 Å². The van der Waals surface area contributed by atoms with Crippen molar-refractivity contribution in [2.45, 2.75) is 26.8 Å². The molecule has 0 saturated carbocycles. The molecule has 0 aliphatic heterocycles. The molecular weight excluding hydrogens is 272 g/mol. The van der Waals surface area contributed by atoms with E-state index in [0.29, 0.717) is 31.4 Å². The smallest absolute Gasteiger partial charge is 0.310 e. The standard InChI is InChI=1S/C15H24N2O4/c1-4-12(2)11-21-15-9-13(10-16-7-8-20-3)5-6-14(15)17(18)19/h5-6,9,12,16H,4,7-8,10-11H2,1-3H3. The van der Waals surface area contributed by atoms with Crippen molar-refractivity contribution in [2.75, 3.05) is 26.9 Å². The zero-order valence-corrected chi connectivity index (χ0v) is 12.9. The highest BCUT2D eigenvalue weighted by Gasteiger charge is 2.16. The Morgan fingerprint density at radius 3 is 2.81 bits per heavy atom. The minimum atomic E-state index is -0.409. The molecule has 0 heterocycles. The van der Waals surface area contributed by atoms with E-state index in [4.69, 9.17) is 9.47 Å². The first-order valence-electron chi connectivity index (χ1n) is 7.18. The first-order chi connectivity index (χ1) is 10.1. The summed E-state index contributed by atoms with van der Waals surface area (Å²) >= 11 is 0. The summed E-state index contributed by atoms with van der Waals surface area (Å²) in [6, 6.07) is 4.98. The highest BCUT2D eigenvalue weighted by atomic mass is 16.6. The molecule has 1 atom stereocenters. The maximum atomic E-state index is 11.0. The largest absolute Gasteiger partial charge is 0.487 e. The van der Waals surface area contributed by atoms with Gasteiger partial charge in [-0.15, -0.1) is 0 Å². The lowest BCUT2D eigenvalue weighted by Gasteiger charge is -2.12. The van der Waals surface area contributed by atoms with E-state index in [1.807, 2.05) is 0 Å². The predicted octanol–water partition coefficient (Wildman–Crippen LogP) is 2.76. The first-order valence-corrected chi connectivity index (χ1v) is 7.18. The quantitative estimate of drug-likeness (QED) is 0.408. The fraction of sp³-hybridized carbons (Fsp3) is 0.600. The topological polar surface area (TPSA) is 73.6 Å². The van der Waals surface area contributed by atoms with Gasteiger partial charge < -0.3 is 14.8 Å². The lowest BCUT2D eigenvalue weighted by molar-refractivity contribution is -0.385. The van der Waals surface area contributed by atoms with Gasteiger partial charge in [-0.1, -0.05) is 26.3 Å². The molecule has 0 saturated heterocycles. The fourth-order valence-electron chi connectivity index (χ4n) is 1.69. The van der Waals surface area contributed by atoms with E-state index in [9.17, 15) is 10.1 Å². The van der Waals surface area contributed by atoms with Gasteiger partial charge in [-0.2, -0.15) is 0 Å². The minimum Gasteiger partial charge on any atom is -0.487 e. The van der Waals surface area contributed by atoms with Crippen molar-refractivity contribution in [2.24, 2.45) is 5.92 Å². The molecule has 1 unspecified atom stereocenters. The maximum Gasteiger partial charge on any atom is 0.310 e. The molecule has 1 N–H and O–H groups in total. The molecule has 21 heavy (non-hydrogen) atoms. The normalized spacial score (nSPS) is 12.1. The van der Waals surface area contributed by atoms with Crippen LogP contribution in [-0.2, 0) is 11.3 Å². The monoisotopic (exact) mass is 296 g/mol. The van der Waals surface area contributed by atoms with Crippen molar-refractivity contribution in [1.29, 1.82) is 0 Å². The molecule has 0 spiro atoms.